The monoisotopic (exact) mass is 438 g/mol. The zero-order valence-electron chi connectivity index (χ0n) is 18.1. The fourth-order valence-corrected chi connectivity index (χ4v) is 4.15. The van der Waals surface area contributed by atoms with Gasteiger partial charge in [-0.2, -0.15) is 13.2 Å². The number of alkyl halides is 2. The molecule has 0 bridgehead atoms. The van der Waals surface area contributed by atoms with E-state index < -0.39 is 30.1 Å². The lowest BCUT2D eigenvalue weighted by molar-refractivity contribution is -0.223. The van der Waals surface area contributed by atoms with Crippen LogP contribution in [0.5, 0.6) is 5.75 Å². The van der Waals surface area contributed by atoms with Gasteiger partial charge in [-0.1, -0.05) is 51.0 Å². The van der Waals surface area contributed by atoms with Crippen molar-refractivity contribution in [3.63, 3.8) is 0 Å². The van der Waals surface area contributed by atoms with Crippen molar-refractivity contribution in [2.24, 2.45) is 5.92 Å². The van der Waals surface area contributed by atoms with Crippen LogP contribution in [0.1, 0.15) is 57.9 Å². The highest BCUT2D eigenvalue weighted by molar-refractivity contribution is 5.65. The minimum atomic E-state index is -3.75. The summed E-state index contributed by atoms with van der Waals surface area (Å²) >= 11 is 0. The normalized spacial score (nSPS) is 19.4. The number of aryl methyl sites for hydroxylation is 1. The minimum Gasteiger partial charge on any atom is -0.428 e. The van der Waals surface area contributed by atoms with Gasteiger partial charge in [0, 0.05) is 5.56 Å². The molecule has 2 aromatic rings. The maximum atomic E-state index is 14.6. The molecule has 0 aliphatic heterocycles. The first-order valence-corrected chi connectivity index (χ1v) is 11.1. The first-order valence-electron chi connectivity index (χ1n) is 11.1. The Morgan fingerprint density at radius 2 is 1.58 bits per heavy atom. The molecule has 0 N–H and O–H groups in total. The fraction of sp³-hybridized carbons (Fsp3) is 0.520. The standard InChI is InChI=1S/C25H30F4O2/c1-3-5-18-8-12-20(13-9-18)30-16-25(28,29)31-22-15-14-21(23(26)24(22)27)19-10-6-17(4-2)7-11-19/h6-7,10-11,14-15,18,20H,3-5,8-9,12-13,16H2,1-2H3. The molecule has 3 rings (SSSR count). The lowest BCUT2D eigenvalue weighted by Crippen LogP contribution is -2.34. The van der Waals surface area contributed by atoms with Crippen LogP contribution < -0.4 is 4.74 Å². The number of benzene rings is 2. The van der Waals surface area contributed by atoms with E-state index in [4.69, 9.17) is 4.74 Å². The Bertz CT molecular complexity index is 843. The van der Waals surface area contributed by atoms with Crippen LogP contribution in [0, 0.1) is 17.6 Å². The van der Waals surface area contributed by atoms with Gasteiger partial charge in [0.15, 0.2) is 18.2 Å². The lowest BCUT2D eigenvalue weighted by Gasteiger charge is -2.29. The topological polar surface area (TPSA) is 18.5 Å². The second-order valence-electron chi connectivity index (χ2n) is 8.27. The van der Waals surface area contributed by atoms with Crippen molar-refractivity contribution in [3.05, 3.63) is 53.6 Å². The van der Waals surface area contributed by atoms with Crippen LogP contribution >= 0.6 is 0 Å². The summed E-state index contributed by atoms with van der Waals surface area (Å²) in [5.74, 6) is -2.84. The third kappa shape index (κ3) is 6.22. The molecule has 31 heavy (non-hydrogen) atoms. The van der Waals surface area contributed by atoms with E-state index in [9.17, 15) is 17.6 Å². The Morgan fingerprint density at radius 1 is 0.903 bits per heavy atom. The van der Waals surface area contributed by atoms with E-state index in [1.807, 2.05) is 19.1 Å². The highest BCUT2D eigenvalue weighted by Crippen LogP contribution is 2.34. The number of hydrogen-bond acceptors (Lipinski definition) is 2. The average molecular weight is 439 g/mol. The Morgan fingerprint density at radius 3 is 2.19 bits per heavy atom. The van der Waals surface area contributed by atoms with Crippen LogP contribution in [0.4, 0.5) is 17.6 Å². The quantitative estimate of drug-likeness (QED) is 0.377. The van der Waals surface area contributed by atoms with Gasteiger partial charge >= 0.3 is 6.11 Å². The van der Waals surface area contributed by atoms with Gasteiger partial charge in [0.1, 0.15) is 0 Å². The average Bonchev–Trinajstić information content (AvgIpc) is 2.77. The maximum Gasteiger partial charge on any atom is 0.422 e. The van der Waals surface area contributed by atoms with Gasteiger partial charge in [-0.05, 0) is 61.3 Å². The minimum absolute atomic E-state index is 0.00379. The third-order valence-corrected chi connectivity index (χ3v) is 5.96. The van der Waals surface area contributed by atoms with Gasteiger partial charge in [0.2, 0.25) is 5.82 Å². The summed E-state index contributed by atoms with van der Waals surface area (Å²) in [6.07, 6.45) is 2.47. The van der Waals surface area contributed by atoms with Gasteiger partial charge in [-0.15, -0.1) is 0 Å². The van der Waals surface area contributed by atoms with Crippen LogP contribution in [0.25, 0.3) is 11.1 Å². The second-order valence-corrected chi connectivity index (χ2v) is 8.27. The molecule has 2 nitrogen and oxygen atoms in total. The Kier molecular flexibility index (Phi) is 7.98. The van der Waals surface area contributed by atoms with Gasteiger partial charge in [-0.25, -0.2) is 4.39 Å². The van der Waals surface area contributed by atoms with Crippen molar-refractivity contribution in [2.45, 2.75) is 71.0 Å². The molecule has 0 unspecified atom stereocenters. The Hall–Kier alpha value is -2.08. The van der Waals surface area contributed by atoms with E-state index in [1.54, 1.807) is 12.1 Å². The second kappa shape index (κ2) is 10.5. The summed E-state index contributed by atoms with van der Waals surface area (Å²) in [7, 11) is 0. The molecule has 6 heteroatoms. The fourth-order valence-electron chi connectivity index (χ4n) is 4.15. The smallest absolute Gasteiger partial charge is 0.422 e. The van der Waals surface area contributed by atoms with Gasteiger partial charge < -0.3 is 9.47 Å². The Balaban J connectivity index is 1.61. The summed E-state index contributed by atoms with van der Waals surface area (Å²) in [5, 5.41) is 0. The summed E-state index contributed by atoms with van der Waals surface area (Å²) in [5.41, 5.74) is 1.52. The zero-order chi connectivity index (χ0) is 22.4. The van der Waals surface area contributed by atoms with Crippen molar-refractivity contribution in [3.8, 4) is 16.9 Å². The molecule has 1 saturated carbocycles. The molecule has 1 aliphatic carbocycles. The van der Waals surface area contributed by atoms with Crippen molar-refractivity contribution < 1.29 is 27.0 Å². The Labute approximate surface area is 181 Å². The first-order chi connectivity index (χ1) is 14.8. The zero-order valence-corrected chi connectivity index (χ0v) is 18.1. The molecule has 0 atom stereocenters. The number of hydrogen-bond donors (Lipinski definition) is 0. The maximum absolute atomic E-state index is 14.6. The highest BCUT2D eigenvalue weighted by atomic mass is 19.3. The van der Waals surface area contributed by atoms with Crippen LogP contribution in [0.3, 0.4) is 0 Å². The predicted molar refractivity (Wildman–Crippen MR) is 113 cm³/mol. The number of rotatable bonds is 9. The molecule has 0 spiro atoms. The van der Waals surface area contributed by atoms with E-state index in [0.29, 0.717) is 11.5 Å². The number of ether oxygens (including phenoxy) is 2. The van der Waals surface area contributed by atoms with Crippen LogP contribution in [0.15, 0.2) is 36.4 Å². The SMILES string of the molecule is CCCC1CCC(OCC(F)(F)Oc2ccc(-c3ccc(CC)cc3)c(F)c2F)CC1. The van der Waals surface area contributed by atoms with Crippen LogP contribution in [0.2, 0.25) is 0 Å². The summed E-state index contributed by atoms with van der Waals surface area (Å²) < 4.78 is 67.4. The number of halogens is 4. The molecule has 1 fully saturated rings. The van der Waals surface area contributed by atoms with Crippen molar-refractivity contribution in [2.75, 3.05) is 6.61 Å². The van der Waals surface area contributed by atoms with Gasteiger partial charge in [0.25, 0.3) is 0 Å². The molecule has 0 saturated heterocycles. The van der Waals surface area contributed by atoms with Crippen molar-refractivity contribution in [1.29, 1.82) is 0 Å². The van der Waals surface area contributed by atoms with E-state index in [0.717, 1.165) is 56.6 Å². The molecule has 0 aromatic heterocycles. The highest BCUT2D eigenvalue weighted by Gasteiger charge is 2.36. The molecule has 170 valence electrons. The van der Waals surface area contributed by atoms with Crippen LogP contribution in [-0.4, -0.2) is 18.8 Å². The molecule has 0 radical (unpaired) electrons. The van der Waals surface area contributed by atoms with E-state index in [-0.39, 0.29) is 11.7 Å². The lowest BCUT2D eigenvalue weighted by atomic mass is 9.85. The van der Waals surface area contributed by atoms with E-state index >= 15 is 0 Å². The molecule has 0 amide bonds. The van der Waals surface area contributed by atoms with Crippen LogP contribution in [-0.2, 0) is 11.2 Å². The molecule has 1 aliphatic rings. The van der Waals surface area contributed by atoms with Gasteiger partial charge in [-0.3, -0.25) is 0 Å². The van der Waals surface area contributed by atoms with Crippen molar-refractivity contribution in [1.82, 2.24) is 0 Å². The third-order valence-electron chi connectivity index (χ3n) is 5.96. The summed E-state index contributed by atoms with van der Waals surface area (Å²) in [6, 6.07) is 9.27. The van der Waals surface area contributed by atoms with Gasteiger partial charge in [0.05, 0.1) is 6.10 Å². The molecule has 2 aromatic carbocycles. The van der Waals surface area contributed by atoms with E-state index in [2.05, 4.69) is 11.7 Å². The molecular weight excluding hydrogens is 408 g/mol. The predicted octanol–water partition coefficient (Wildman–Crippen LogP) is 7.54. The first kappa shape index (κ1) is 23.6. The van der Waals surface area contributed by atoms with Crippen molar-refractivity contribution >= 4 is 0 Å². The molecule has 0 heterocycles. The summed E-state index contributed by atoms with van der Waals surface area (Å²) in [6.45, 7) is 3.14. The largest absolute Gasteiger partial charge is 0.428 e. The molecular formula is C25H30F4O2. The van der Waals surface area contributed by atoms with E-state index in [1.165, 1.54) is 6.07 Å². The summed E-state index contributed by atoms with van der Waals surface area (Å²) in [4.78, 5) is 0.